The Hall–Kier alpha value is -3.35. The second-order valence-electron chi connectivity index (χ2n) is 9.49. The Morgan fingerprint density at radius 3 is 2.24 bits per heavy atom. The number of nitrogens with zero attached hydrogens (tertiary/aromatic N) is 1. The van der Waals surface area contributed by atoms with Crippen LogP contribution in [0.25, 0.3) is 0 Å². The van der Waals surface area contributed by atoms with Gasteiger partial charge in [0.15, 0.2) is 5.96 Å². The zero-order chi connectivity index (χ0) is 24.2. The van der Waals surface area contributed by atoms with Gasteiger partial charge in [0.05, 0.1) is 12.6 Å². The minimum absolute atomic E-state index is 0.0673. The average molecular weight is 451 g/mol. The minimum Gasteiger partial charge on any atom is -0.491 e. The van der Waals surface area contributed by atoms with Gasteiger partial charge in [-0.25, -0.2) is 0 Å². The summed E-state index contributed by atoms with van der Waals surface area (Å²) in [6, 6.07) is 14.8. The van der Waals surface area contributed by atoms with Gasteiger partial charge in [0, 0.05) is 12.1 Å². The molecule has 1 heterocycles. The molecule has 0 saturated carbocycles. The van der Waals surface area contributed by atoms with Crippen molar-refractivity contribution in [2.45, 2.75) is 65.8 Å². The second-order valence-corrected chi connectivity index (χ2v) is 9.49. The van der Waals surface area contributed by atoms with Crippen LogP contribution in [-0.2, 0) is 17.9 Å². The van der Waals surface area contributed by atoms with Crippen LogP contribution < -0.4 is 15.4 Å². The first-order chi connectivity index (χ1) is 15.6. The number of carbonyl (C=O) groups is 2. The van der Waals surface area contributed by atoms with Crippen molar-refractivity contribution in [2.75, 3.05) is 0 Å². The van der Waals surface area contributed by atoms with Crippen LogP contribution in [0.15, 0.2) is 48.5 Å². The van der Waals surface area contributed by atoms with Gasteiger partial charge in [0.2, 0.25) is 0 Å². The van der Waals surface area contributed by atoms with Crippen molar-refractivity contribution in [1.82, 2.24) is 15.5 Å². The van der Waals surface area contributed by atoms with Crippen molar-refractivity contribution in [3.05, 3.63) is 65.2 Å². The third kappa shape index (κ3) is 6.12. The Morgan fingerprint density at radius 2 is 1.67 bits per heavy atom. The minimum atomic E-state index is -0.728. The topological polar surface area (TPSA) is 94.5 Å². The number of amides is 2. The first-order valence-corrected chi connectivity index (χ1v) is 11.4. The van der Waals surface area contributed by atoms with E-state index in [1.165, 1.54) is 4.90 Å². The van der Waals surface area contributed by atoms with Crippen LogP contribution in [0.3, 0.4) is 0 Å². The molecular formula is C26H34N4O3. The molecule has 0 aromatic heterocycles. The van der Waals surface area contributed by atoms with Gasteiger partial charge < -0.3 is 15.4 Å². The van der Waals surface area contributed by atoms with Crippen LogP contribution in [0.1, 0.15) is 62.5 Å². The number of hydrogen-bond donors (Lipinski definition) is 3. The Morgan fingerprint density at radius 1 is 1.06 bits per heavy atom. The molecular weight excluding hydrogens is 416 g/mol. The summed E-state index contributed by atoms with van der Waals surface area (Å²) in [6.07, 6.45) is 0.763. The number of guanidine groups is 1. The lowest BCUT2D eigenvalue weighted by atomic mass is 9.91. The predicted octanol–water partition coefficient (Wildman–Crippen LogP) is 4.08. The molecule has 1 aliphatic heterocycles. The molecule has 2 amide bonds. The van der Waals surface area contributed by atoms with E-state index in [1.807, 2.05) is 45.0 Å². The van der Waals surface area contributed by atoms with E-state index in [-0.39, 0.29) is 23.9 Å². The smallest absolute Gasteiger partial charge is 0.255 e. The molecule has 2 aromatic rings. The standard InChI is InChI=1S/C26H34N4O3/c1-17(2)14-26(5)24(32)30(25(27)29-26)16-20-8-6-19(7-9-20)15-28-23(31)21-10-12-22(13-11-21)33-18(3)4/h6-13,17-18H,14-16H2,1-5H3,(H2,27,29)(H,28,31). The van der Waals surface area contributed by atoms with E-state index < -0.39 is 5.54 Å². The summed E-state index contributed by atoms with van der Waals surface area (Å²) in [5.41, 5.74) is 1.73. The first-order valence-electron chi connectivity index (χ1n) is 11.4. The van der Waals surface area contributed by atoms with Gasteiger partial charge in [0.1, 0.15) is 11.3 Å². The zero-order valence-corrected chi connectivity index (χ0v) is 20.1. The highest BCUT2D eigenvalue weighted by molar-refractivity contribution is 6.07. The Labute approximate surface area is 196 Å². The van der Waals surface area contributed by atoms with Crippen molar-refractivity contribution in [3.8, 4) is 5.75 Å². The van der Waals surface area contributed by atoms with Crippen molar-refractivity contribution >= 4 is 17.8 Å². The van der Waals surface area contributed by atoms with E-state index in [9.17, 15) is 9.59 Å². The van der Waals surface area contributed by atoms with Crippen LogP contribution in [0.5, 0.6) is 5.75 Å². The quantitative estimate of drug-likeness (QED) is 0.537. The SMILES string of the molecule is CC(C)CC1(C)NC(=N)N(Cc2ccc(CNC(=O)c3ccc(OC(C)C)cc3)cc2)C1=O. The van der Waals surface area contributed by atoms with Gasteiger partial charge in [-0.3, -0.25) is 19.9 Å². The van der Waals surface area contributed by atoms with Crippen molar-refractivity contribution < 1.29 is 14.3 Å². The molecule has 3 N–H and O–H groups in total. The van der Waals surface area contributed by atoms with Crippen LogP contribution in [0.4, 0.5) is 0 Å². The van der Waals surface area contributed by atoms with Crippen LogP contribution in [0, 0.1) is 11.3 Å². The molecule has 176 valence electrons. The monoisotopic (exact) mass is 450 g/mol. The van der Waals surface area contributed by atoms with Gasteiger partial charge in [0.25, 0.3) is 11.8 Å². The summed E-state index contributed by atoms with van der Waals surface area (Å²) >= 11 is 0. The Kier molecular flexibility index (Phi) is 7.41. The normalized spacial score (nSPS) is 18.1. The van der Waals surface area contributed by atoms with Crippen LogP contribution in [0.2, 0.25) is 0 Å². The fraction of sp³-hybridized carbons (Fsp3) is 0.423. The maximum absolute atomic E-state index is 12.9. The van der Waals surface area contributed by atoms with Gasteiger partial charge in [-0.2, -0.15) is 0 Å². The molecule has 1 unspecified atom stereocenters. The molecule has 0 radical (unpaired) electrons. The van der Waals surface area contributed by atoms with Gasteiger partial charge in [-0.05, 0) is 68.5 Å². The molecule has 0 bridgehead atoms. The highest BCUT2D eigenvalue weighted by Gasteiger charge is 2.45. The third-order valence-electron chi connectivity index (χ3n) is 5.50. The lowest BCUT2D eigenvalue weighted by Gasteiger charge is -2.24. The van der Waals surface area contributed by atoms with E-state index in [2.05, 4.69) is 24.5 Å². The maximum atomic E-state index is 12.9. The molecule has 2 aromatic carbocycles. The number of carbonyl (C=O) groups excluding carboxylic acids is 2. The number of nitrogens with one attached hydrogen (secondary N) is 3. The second kappa shape index (κ2) is 10.1. The Bertz CT molecular complexity index is 999. The summed E-state index contributed by atoms with van der Waals surface area (Å²) in [6.45, 7) is 10.7. The fourth-order valence-electron chi connectivity index (χ4n) is 4.07. The lowest BCUT2D eigenvalue weighted by Crippen LogP contribution is -2.44. The Balaban J connectivity index is 1.55. The first kappa shape index (κ1) is 24.3. The van der Waals surface area contributed by atoms with Gasteiger partial charge in [-0.1, -0.05) is 38.1 Å². The highest BCUT2D eigenvalue weighted by Crippen LogP contribution is 2.26. The molecule has 0 spiro atoms. The van der Waals surface area contributed by atoms with Crippen molar-refractivity contribution in [2.24, 2.45) is 5.92 Å². The van der Waals surface area contributed by atoms with Crippen molar-refractivity contribution in [1.29, 1.82) is 5.41 Å². The number of ether oxygens (including phenoxy) is 1. The molecule has 0 aliphatic carbocycles. The molecule has 1 fully saturated rings. The molecule has 1 atom stereocenters. The van der Waals surface area contributed by atoms with Gasteiger partial charge >= 0.3 is 0 Å². The third-order valence-corrected chi connectivity index (χ3v) is 5.50. The molecule has 7 heteroatoms. The van der Waals surface area contributed by atoms with E-state index in [0.29, 0.717) is 31.0 Å². The predicted molar refractivity (Wildman–Crippen MR) is 129 cm³/mol. The van der Waals surface area contributed by atoms with E-state index in [4.69, 9.17) is 10.1 Å². The lowest BCUT2D eigenvalue weighted by molar-refractivity contribution is -0.131. The number of hydrogen-bond acceptors (Lipinski definition) is 4. The van der Waals surface area contributed by atoms with E-state index >= 15 is 0 Å². The van der Waals surface area contributed by atoms with Crippen LogP contribution >= 0.6 is 0 Å². The largest absolute Gasteiger partial charge is 0.491 e. The van der Waals surface area contributed by atoms with E-state index in [1.54, 1.807) is 24.3 Å². The molecule has 1 aliphatic rings. The summed E-state index contributed by atoms with van der Waals surface area (Å²) in [7, 11) is 0. The zero-order valence-electron chi connectivity index (χ0n) is 20.1. The number of rotatable bonds is 9. The summed E-state index contributed by atoms with van der Waals surface area (Å²) in [5.74, 6) is 1.01. The molecule has 3 rings (SSSR count). The fourth-order valence-corrected chi connectivity index (χ4v) is 4.07. The summed E-state index contributed by atoms with van der Waals surface area (Å²) in [4.78, 5) is 26.8. The molecule has 33 heavy (non-hydrogen) atoms. The summed E-state index contributed by atoms with van der Waals surface area (Å²) in [5, 5.41) is 14.2. The van der Waals surface area contributed by atoms with Gasteiger partial charge in [-0.15, -0.1) is 0 Å². The highest BCUT2D eigenvalue weighted by atomic mass is 16.5. The maximum Gasteiger partial charge on any atom is 0.255 e. The molecule has 7 nitrogen and oxygen atoms in total. The van der Waals surface area contributed by atoms with E-state index in [0.717, 1.165) is 16.9 Å². The molecule has 1 saturated heterocycles. The average Bonchev–Trinajstić information content (AvgIpc) is 2.95. The van der Waals surface area contributed by atoms with Crippen LogP contribution in [-0.4, -0.2) is 34.3 Å². The summed E-state index contributed by atoms with van der Waals surface area (Å²) < 4.78 is 5.60. The number of benzene rings is 2. The van der Waals surface area contributed by atoms with Crippen molar-refractivity contribution in [3.63, 3.8) is 0 Å².